The zero-order valence-electron chi connectivity index (χ0n) is 13.3. The van der Waals surface area contributed by atoms with Crippen molar-refractivity contribution in [3.63, 3.8) is 0 Å². The number of hydrogen-bond donors (Lipinski definition) is 1. The van der Waals surface area contributed by atoms with E-state index in [1.54, 1.807) is 0 Å². The third kappa shape index (κ3) is 3.39. The van der Waals surface area contributed by atoms with Crippen molar-refractivity contribution in [1.82, 2.24) is 10.2 Å². The molecular weight excluding hydrogens is 344 g/mol. The first-order chi connectivity index (χ1) is 10.1. The van der Waals surface area contributed by atoms with Gasteiger partial charge in [-0.25, -0.2) is 0 Å². The van der Waals surface area contributed by atoms with Gasteiger partial charge in [0.1, 0.15) is 0 Å². The quantitative estimate of drug-likeness (QED) is 0.822. The molecule has 2 heterocycles. The lowest BCUT2D eigenvalue weighted by atomic mass is 9.76. The molecule has 0 amide bonds. The van der Waals surface area contributed by atoms with Gasteiger partial charge in [0.15, 0.2) is 0 Å². The van der Waals surface area contributed by atoms with Crippen LogP contribution >= 0.6 is 27.3 Å². The van der Waals surface area contributed by atoms with Crippen molar-refractivity contribution < 1.29 is 0 Å². The molecule has 1 saturated heterocycles. The van der Waals surface area contributed by atoms with Gasteiger partial charge in [-0.3, -0.25) is 4.90 Å². The number of rotatable bonds is 3. The van der Waals surface area contributed by atoms with Crippen LogP contribution in [0, 0.1) is 0 Å². The minimum Gasteiger partial charge on any atom is -0.308 e. The molecule has 1 aromatic rings. The van der Waals surface area contributed by atoms with Crippen molar-refractivity contribution in [2.75, 3.05) is 13.1 Å². The van der Waals surface area contributed by atoms with Crippen molar-refractivity contribution >= 4 is 27.3 Å². The summed E-state index contributed by atoms with van der Waals surface area (Å²) in [6, 6.07) is 4.48. The Hall–Kier alpha value is 0.1000. The number of piperazine rings is 1. The summed E-state index contributed by atoms with van der Waals surface area (Å²) in [4.78, 5) is 4.30. The SMILES string of the molecule is CCC1(C)CN(Cc2ccc(Br)s2)C2(CCCCC2)CN1. The fraction of sp³-hybridized carbons (Fsp3) is 0.765. The predicted molar refractivity (Wildman–Crippen MR) is 94.9 cm³/mol. The van der Waals surface area contributed by atoms with Crippen molar-refractivity contribution in [1.29, 1.82) is 0 Å². The zero-order valence-corrected chi connectivity index (χ0v) is 15.7. The minimum atomic E-state index is 0.275. The van der Waals surface area contributed by atoms with Gasteiger partial charge in [0.25, 0.3) is 0 Å². The molecule has 2 fully saturated rings. The summed E-state index contributed by atoms with van der Waals surface area (Å²) >= 11 is 5.50. The molecule has 0 aromatic carbocycles. The molecule has 3 rings (SSSR count). The van der Waals surface area contributed by atoms with E-state index < -0.39 is 0 Å². The Bertz CT molecular complexity index is 481. The molecule has 0 bridgehead atoms. The zero-order chi connectivity index (χ0) is 14.9. The average Bonchev–Trinajstić information content (AvgIpc) is 2.90. The predicted octanol–water partition coefficient (Wildman–Crippen LogP) is 4.79. The third-order valence-electron chi connectivity index (χ3n) is 5.60. The van der Waals surface area contributed by atoms with Crippen molar-refractivity contribution in [3.8, 4) is 0 Å². The van der Waals surface area contributed by atoms with E-state index in [9.17, 15) is 0 Å². The van der Waals surface area contributed by atoms with Gasteiger partial charge in [-0.15, -0.1) is 11.3 Å². The molecule has 1 saturated carbocycles. The van der Waals surface area contributed by atoms with E-state index in [-0.39, 0.29) is 5.54 Å². The monoisotopic (exact) mass is 370 g/mol. The first-order valence-corrected chi connectivity index (χ1v) is 9.91. The number of nitrogens with one attached hydrogen (secondary N) is 1. The van der Waals surface area contributed by atoms with Gasteiger partial charge >= 0.3 is 0 Å². The van der Waals surface area contributed by atoms with Crippen molar-refractivity contribution in [2.45, 2.75) is 70.0 Å². The Balaban J connectivity index is 1.81. The Kier molecular flexibility index (Phi) is 4.80. The van der Waals surface area contributed by atoms with Crippen LogP contribution in [0.15, 0.2) is 15.9 Å². The van der Waals surface area contributed by atoms with E-state index in [2.05, 4.69) is 52.1 Å². The van der Waals surface area contributed by atoms with Gasteiger partial charge < -0.3 is 5.32 Å². The van der Waals surface area contributed by atoms with Gasteiger partial charge in [-0.1, -0.05) is 26.2 Å². The second kappa shape index (κ2) is 6.31. The van der Waals surface area contributed by atoms with Gasteiger partial charge in [-0.2, -0.15) is 0 Å². The maximum absolute atomic E-state index is 3.88. The Morgan fingerprint density at radius 2 is 2.05 bits per heavy atom. The smallest absolute Gasteiger partial charge is 0.0701 e. The van der Waals surface area contributed by atoms with E-state index >= 15 is 0 Å². The number of nitrogens with zero attached hydrogens (tertiary/aromatic N) is 1. The molecule has 21 heavy (non-hydrogen) atoms. The molecule has 1 aliphatic heterocycles. The lowest BCUT2D eigenvalue weighted by Crippen LogP contribution is -2.69. The van der Waals surface area contributed by atoms with Gasteiger partial charge in [0.2, 0.25) is 0 Å². The molecule has 1 N–H and O–H groups in total. The van der Waals surface area contributed by atoms with Crippen LogP contribution in [0.3, 0.4) is 0 Å². The van der Waals surface area contributed by atoms with Crippen LogP contribution in [0.1, 0.15) is 57.2 Å². The van der Waals surface area contributed by atoms with Gasteiger partial charge in [0, 0.05) is 35.6 Å². The van der Waals surface area contributed by atoms with Crippen LogP contribution in [0.25, 0.3) is 0 Å². The summed E-state index contributed by atoms with van der Waals surface area (Å²) in [6.07, 6.45) is 8.15. The summed E-state index contributed by atoms with van der Waals surface area (Å²) in [5.41, 5.74) is 0.681. The number of halogens is 1. The molecule has 2 nitrogen and oxygen atoms in total. The summed E-state index contributed by atoms with van der Waals surface area (Å²) in [5.74, 6) is 0. The summed E-state index contributed by atoms with van der Waals surface area (Å²) < 4.78 is 1.25. The largest absolute Gasteiger partial charge is 0.308 e. The lowest BCUT2D eigenvalue weighted by molar-refractivity contribution is -0.0210. The Morgan fingerprint density at radius 1 is 1.29 bits per heavy atom. The molecule has 118 valence electrons. The minimum absolute atomic E-state index is 0.275. The van der Waals surface area contributed by atoms with E-state index in [0.717, 1.165) is 6.54 Å². The fourth-order valence-corrected chi connectivity index (χ4v) is 5.42. The molecule has 4 heteroatoms. The molecule has 1 spiro atoms. The van der Waals surface area contributed by atoms with E-state index in [1.807, 2.05) is 11.3 Å². The number of hydrogen-bond acceptors (Lipinski definition) is 3. The topological polar surface area (TPSA) is 15.3 Å². The fourth-order valence-electron chi connectivity index (χ4n) is 3.92. The second-order valence-electron chi connectivity index (χ2n) is 7.11. The van der Waals surface area contributed by atoms with Crippen LogP contribution in [-0.4, -0.2) is 29.1 Å². The highest BCUT2D eigenvalue weighted by Crippen LogP contribution is 2.39. The first kappa shape index (κ1) is 16.0. The van der Waals surface area contributed by atoms with Crippen LogP contribution < -0.4 is 5.32 Å². The van der Waals surface area contributed by atoms with Gasteiger partial charge in [0.05, 0.1) is 3.79 Å². The van der Waals surface area contributed by atoms with E-state index in [1.165, 1.54) is 60.3 Å². The van der Waals surface area contributed by atoms with Crippen molar-refractivity contribution in [3.05, 3.63) is 20.8 Å². The molecule has 1 aromatic heterocycles. The van der Waals surface area contributed by atoms with Crippen LogP contribution in [0.2, 0.25) is 0 Å². The maximum Gasteiger partial charge on any atom is 0.0701 e. The molecule has 2 aliphatic rings. The Morgan fingerprint density at radius 3 is 2.67 bits per heavy atom. The van der Waals surface area contributed by atoms with E-state index in [0.29, 0.717) is 5.54 Å². The molecule has 1 atom stereocenters. The molecule has 0 radical (unpaired) electrons. The highest BCUT2D eigenvalue weighted by Gasteiger charge is 2.45. The third-order valence-corrected chi connectivity index (χ3v) is 7.20. The first-order valence-electron chi connectivity index (χ1n) is 8.30. The van der Waals surface area contributed by atoms with E-state index in [4.69, 9.17) is 0 Å². The standard InChI is InChI=1S/C17H27BrN2S/c1-3-16(2)13-20(11-14-7-8-15(18)21-14)17(12-19-16)9-5-4-6-10-17/h7-8,19H,3-6,9-13H2,1-2H3. The molecular formula is C17H27BrN2S. The highest BCUT2D eigenvalue weighted by molar-refractivity contribution is 9.11. The highest BCUT2D eigenvalue weighted by atomic mass is 79.9. The summed E-state index contributed by atoms with van der Waals surface area (Å²) in [5, 5.41) is 3.88. The molecule has 1 aliphatic carbocycles. The summed E-state index contributed by atoms with van der Waals surface area (Å²) in [6.45, 7) is 8.17. The summed E-state index contributed by atoms with van der Waals surface area (Å²) in [7, 11) is 0. The number of thiophene rings is 1. The Labute approximate surface area is 141 Å². The van der Waals surface area contributed by atoms with Crippen LogP contribution in [0.5, 0.6) is 0 Å². The van der Waals surface area contributed by atoms with Crippen LogP contribution in [0.4, 0.5) is 0 Å². The second-order valence-corrected chi connectivity index (χ2v) is 9.66. The lowest BCUT2D eigenvalue weighted by Gasteiger charge is -2.55. The normalized spacial score (nSPS) is 29.9. The average molecular weight is 371 g/mol. The van der Waals surface area contributed by atoms with Crippen molar-refractivity contribution in [2.24, 2.45) is 0 Å². The van der Waals surface area contributed by atoms with Gasteiger partial charge in [-0.05, 0) is 54.2 Å². The van der Waals surface area contributed by atoms with Crippen LogP contribution in [-0.2, 0) is 6.54 Å². The maximum atomic E-state index is 3.88. The molecule has 1 unspecified atom stereocenters.